The zero-order chi connectivity index (χ0) is 14.4. The molecule has 0 saturated carbocycles. The minimum Gasteiger partial charge on any atom is -0.300 e. The molecule has 0 N–H and O–H groups in total. The molecule has 0 aromatic heterocycles. The Morgan fingerprint density at radius 1 is 1.10 bits per heavy atom. The van der Waals surface area contributed by atoms with Gasteiger partial charge < -0.3 is 4.79 Å². The molecule has 20 heavy (non-hydrogen) atoms. The predicted octanol–water partition coefficient (Wildman–Crippen LogP) is 5.20. The molecule has 2 aromatic carbocycles. The number of carbonyl (C=O) groups excluding carboxylic acids is 1. The van der Waals surface area contributed by atoms with Crippen molar-refractivity contribution in [2.75, 3.05) is 5.75 Å². The normalized spacial score (nSPS) is 12.1. The minimum atomic E-state index is 0.232. The van der Waals surface area contributed by atoms with Crippen LogP contribution in [0.1, 0.15) is 24.8 Å². The maximum absolute atomic E-state index is 11.5. The van der Waals surface area contributed by atoms with E-state index in [-0.39, 0.29) is 11.7 Å². The average molecular weight is 305 g/mol. The smallest absolute Gasteiger partial charge is 0.130 e. The molecule has 0 fully saturated rings. The van der Waals surface area contributed by atoms with Gasteiger partial charge in [-0.15, -0.1) is 11.8 Å². The Kier molecular flexibility index (Phi) is 5.69. The second kappa shape index (κ2) is 7.51. The van der Waals surface area contributed by atoms with Gasteiger partial charge in [0.1, 0.15) is 5.78 Å². The van der Waals surface area contributed by atoms with Gasteiger partial charge in [-0.25, -0.2) is 0 Å². The van der Waals surface area contributed by atoms with Crippen LogP contribution in [-0.2, 0) is 4.79 Å². The highest BCUT2D eigenvalue weighted by Gasteiger charge is 2.14. The van der Waals surface area contributed by atoms with Crippen molar-refractivity contribution >= 4 is 29.1 Å². The first-order valence-corrected chi connectivity index (χ1v) is 7.94. The molecule has 0 heterocycles. The number of hydrogen-bond acceptors (Lipinski definition) is 2. The zero-order valence-corrected chi connectivity index (χ0v) is 13.0. The van der Waals surface area contributed by atoms with E-state index in [1.165, 1.54) is 10.5 Å². The molecular formula is C17H17ClOS. The van der Waals surface area contributed by atoms with Crippen LogP contribution in [-0.4, -0.2) is 11.5 Å². The fourth-order valence-electron chi connectivity index (χ4n) is 2.07. The van der Waals surface area contributed by atoms with E-state index < -0.39 is 0 Å². The molecule has 3 heteroatoms. The first-order chi connectivity index (χ1) is 9.65. The van der Waals surface area contributed by atoms with Crippen molar-refractivity contribution in [2.24, 2.45) is 0 Å². The van der Waals surface area contributed by atoms with Gasteiger partial charge in [0.25, 0.3) is 0 Å². The van der Waals surface area contributed by atoms with Crippen molar-refractivity contribution < 1.29 is 4.79 Å². The van der Waals surface area contributed by atoms with Crippen LogP contribution in [0.5, 0.6) is 0 Å². The van der Waals surface area contributed by atoms with Crippen LogP contribution in [0.15, 0.2) is 59.5 Å². The SMILES string of the molecule is CC(=O)CC(CSc1ccc(Cl)cc1)c1ccccc1. The number of thioether (sulfide) groups is 1. The van der Waals surface area contributed by atoms with Crippen molar-refractivity contribution in [2.45, 2.75) is 24.2 Å². The Morgan fingerprint density at radius 2 is 1.75 bits per heavy atom. The summed E-state index contributed by atoms with van der Waals surface area (Å²) >= 11 is 7.65. The Balaban J connectivity index is 2.04. The summed E-state index contributed by atoms with van der Waals surface area (Å²) in [4.78, 5) is 12.6. The topological polar surface area (TPSA) is 17.1 Å². The molecule has 0 saturated heterocycles. The van der Waals surface area contributed by atoms with E-state index >= 15 is 0 Å². The summed E-state index contributed by atoms with van der Waals surface area (Å²) in [5.74, 6) is 1.38. The molecule has 0 amide bonds. The van der Waals surface area contributed by atoms with Gasteiger partial charge in [0.15, 0.2) is 0 Å². The van der Waals surface area contributed by atoms with Gasteiger partial charge in [0, 0.05) is 28.0 Å². The highest BCUT2D eigenvalue weighted by Crippen LogP contribution is 2.29. The van der Waals surface area contributed by atoms with Gasteiger partial charge in [-0.1, -0.05) is 41.9 Å². The van der Waals surface area contributed by atoms with Gasteiger partial charge in [0.05, 0.1) is 0 Å². The second-order valence-corrected chi connectivity index (χ2v) is 6.31. The van der Waals surface area contributed by atoms with E-state index in [0.717, 1.165) is 10.8 Å². The predicted molar refractivity (Wildman–Crippen MR) is 86.7 cm³/mol. The van der Waals surface area contributed by atoms with Crippen LogP contribution >= 0.6 is 23.4 Å². The van der Waals surface area contributed by atoms with Gasteiger partial charge in [-0.2, -0.15) is 0 Å². The van der Waals surface area contributed by atoms with E-state index in [1.54, 1.807) is 18.7 Å². The van der Waals surface area contributed by atoms with Gasteiger partial charge in [0.2, 0.25) is 0 Å². The first-order valence-electron chi connectivity index (χ1n) is 6.58. The van der Waals surface area contributed by atoms with Crippen LogP contribution in [0, 0.1) is 0 Å². The number of Topliss-reactive ketones (excluding diaryl/α,β-unsaturated/α-hetero) is 1. The summed E-state index contributed by atoms with van der Waals surface area (Å²) < 4.78 is 0. The van der Waals surface area contributed by atoms with Crippen LogP contribution < -0.4 is 0 Å². The number of benzene rings is 2. The molecule has 0 aliphatic carbocycles. The third kappa shape index (κ3) is 4.69. The molecule has 0 radical (unpaired) electrons. The molecule has 104 valence electrons. The summed E-state index contributed by atoms with van der Waals surface area (Å²) in [7, 11) is 0. The molecule has 0 bridgehead atoms. The van der Waals surface area contributed by atoms with Crippen molar-refractivity contribution in [1.82, 2.24) is 0 Å². The monoisotopic (exact) mass is 304 g/mol. The Morgan fingerprint density at radius 3 is 2.35 bits per heavy atom. The van der Waals surface area contributed by atoms with Crippen LogP contribution in [0.25, 0.3) is 0 Å². The largest absolute Gasteiger partial charge is 0.300 e. The lowest BCUT2D eigenvalue weighted by Gasteiger charge is -2.15. The van der Waals surface area contributed by atoms with E-state index in [9.17, 15) is 4.79 Å². The van der Waals surface area contributed by atoms with Crippen molar-refractivity contribution in [3.05, 3.63) is 65.2 Å². The van der Waals surface area contributed by atoms with Crippen molar-refractivity contribution in [3.8, 4) is 0 Å². The molecule has 1 unspecified atom stereocenters. The minimum absolute atomic E-state index is 0.232. The van der Waals surface area contributed by atoms with E-state index in [1.807, 2.05) is 42.5 Å². The lowest BCUT2D eigenvalue weighted by molar-refractivity contribution is -0.117. The highest BCUT2D eigenvalue weighted by molar-refractivity contribution is 7.99. The third-order valence-corrected chi connectivity index (χ3v) is 4.50. The van der Waals surface area contributed by atoms with E-state index in [4.69, 9.17) is 11.6 Å². The maximum Gasteiger partial charge on any atom is 0.130 e. The third-order valence-electron chi connectivity index (χ3n) is 3.07. The van der Waals surface area contributed by atoms with Crippen molar-refractivity contribution in [3.63, 3.8) is 0 Å². The number of hydrogen-bond donors (Lipinski definition) is 0. The standard InChI is InChI=1S/C17H17ClOS/c1-13(19)11-15(14-5-3-2-4-6-14)12-20-17-9-7-16(18)8-10-17/h2-10,15H,11-12H2,1H3. The van der Waals surface area contributed by atoms with Crippen molar-refractivity contribution in [1.29, 1.82) is 0 Å². The lowest BCUT2D eigenvalue weighted by atomic mass is 9.96. The molecule has 0 aliphatic heterocycles. The second-order valence-electron chi connectivity index (χ2n) is 4.78. The fraction of sp³-hybridized carbons (Fsp3) is 0.235. The van der Waals surface area contributed by atoms with E-state index in [2.05, 4.69) is 12.1 Å². The Labute approximate surface area is 129 Å². The number of halogens is 1. The molecule has 1 atom stereocenters. The van der Waals surface area contributed by atoms with Crippen LogP contribution in [0.3, 0.4) is 0 Å². The average Bonchev–Trinajstić information content (AvgIpc) is 2.46. The summed E-state index contributed by atoms with van der Waals surface area (Å²) in [6.45, 7) is 1.66. The Hall–Kier alpha value is -1.25. The lowest BCUT2D eigenvalue weighted by Crippen LogP contribution is -2.07. The fourth-order valence-corrected chi connectivity index (χ4v) is 3.23. The quantitative estimate of drug-likeness (QED) is 0.683. The summed E-state index contributed by atoms with van der Waals surface area (Å²) in [6, 6.07) is 18.1. The van der Waals surface area contributed by atoms with Gasteiger partial charge >= 0.3 is 0 Å². The summed E-state index contributed by atoms with van der Waals surface area (Å²) in [5, 5.41) is 0.748. The van der Waals surface area contributed by atoms with Gasteiger partial charge in [-0.05, 0) is 36.8 Å². The molecule has 1 nitrogen and oxygen atoms in total. The first kappa shape index (κ1) is 15.1. The highest BCUT2D eigenvalue weighted by atomic mass is 35.5. The molecule has 0 spiro atoms. The number of ketones is 1. The van der Waals surface area contributed by atoms with Gasteiger partial charge in [-0.3, -0.25) is 0 Å². The van der Waals surface area contributed by atoms with Crippen LogP contribution in [0.4, 0.5) is 0 Å². The molecule has 0 aliphatic rings. The summed E-state index contributed by atoms with van der Waals surface area (Å²) in [6.07, 6.45) is 0.588. The van der Waals surface area contributed by atoms with Crippen LogP contribution in [0.2, 0.25) is 5.02 Å². The molecule has 2 aromatic rings. The Bertz CT molecular complexity index is 551. The number of carbonyl (C=O) groups is 1. The zero-order valence-electron chi connectivity index (χ0n) is 11.4. The van der Waals surface area contributed by atoms with E-state index in [0.29, 0.717) is 6.42 Å². The number of rotatable bonds is 6. The summed E-state index contributed by atoms with van der Waals surface area (Å²) in [5.41, 5.74) is 1.23. The molecular weight excluding hydrogens is 288 g/mol. The molecule has 2 rings (SSSR count). The maximum atomic E-state index is 11.5.